The maximum Gasteiger partial charge on any atom is 0.278 e. The van der Waals surface area contributed by atoms with Crippen LogP contribution in [0.15, 0.2) is 60.8 Å². The van der Waals surface area contributed by atoms with Crippen molar-refractivity contribution in [1.82, 2.24) is 24.2 Å². The summed E-state index contributed by atoms with van der Waals surface area (Å²) in [5.74, 6) is 0.819. The summed E-state index contributed by atoms with van der Waals surface area (Å²) in [4.78, 5) is 19.9. The number of para-hydroxylation sites is 2. The normalized spacial score (nSPS) is 11.3. The van der Waals surface area contributed by atoms with Gasteiger partial charge < -0.3 is 14.2 Å². The summed E-state index contributed by atoms with van der Waals surface area (Å²) < 4.78 is 9.28. The van der Waals surface area contributed by atoms with E-state index in [1.807, 2.05) is 41.0 Å². The van der Waals surface area contributed by atoms with Gasteiger partial charge in [-0.05, 0) is 49.5 Å². The van der Waals surface area contributed by atoms with Gasteiger partial charge in [-0.2, -0.15) is 5.10 Å². The number of amides is 1. The molecule has 2 aromatic carbocycles. The predicted molar refractivity (Wildman–Crippen MR) is 130 cm³/mol. The van der Waals surface area contributed by atoms with Gasteiger partial charge in [0.1, 0.15) is 5.75 Å². The van der Waals surface area contributed by atoms with Gasteiger partial charge in [0.25, 0.3) is 5.91 Å². The van der Waals surface area contributed by atoms with Crippen LogP contribution >= 0.6 is 11.6 Å². The molecule has 4 aromatic rings. The van der Waals surface area contributed by atoms with Crippen LogP contribution in [0.4, 0.5) is 5.95 Å². The van der Waals surface area contributed by atoms with Gasteiger partial charge in [0.15, 0.2) is 12.4 Å². The first-order chi connectivity index (χ1) is 16.1. The molecule has 2 aromatic heterocycles. The molecule has 172 valence electrons. The first-order valence-corrected chi connectivity index (χ1v) is 11.4. The Morgan fingerprint density at radius 1 is 1.12 bits per heavy atom. The van der Waals surface area contributed by atoms with E-state index < -0.39 is 0 Å². The molecule has 1 amide bonds. The third kappa shape index (κ3) is 5.53. The van der Waals surface area contributed by atoms with Crippen molar-refractivity contribution in [3.05, 3.63) is 71.5 Å². The van der Waals surface area contributed by atoms with Crippen molar-refractivity contribution in [3.63, 3.8) is 0 Å². The number of carbonyl (C=O) groups excluding carboxylic acids is 1. The van der Waals surface area contributed by atoms with Crippen LogP contribution in [0, 0.1) is 0 Å². The maximum atomic E-state index is 12.9. The minimum Gasteiger partial charge on any atom is -0.471 e. The highest BCUT2D eigenvalue weighted by molar-refractivity contribution is 6.30. The van der Waals surface area contributed by atoms with Crippen LogP contribution in [0.1, 0.15) is 24.3 Å². The number of fused-ring (bicyclic) bond motifs is 1. The van der Waals surface area contributed by atoms with Crippen LogP contribution in [-0.2, 0) is 13.3 Å². The Bertz CT molecular complexity index is 1230. The monoisotopic (exact) mass is 466 g/mol. The molecule has 9 heteroatoms. The summed E-state index contributed by atoms with van der Waals surface area (Å²) >= 11 is 5.98. The lowest BCUT2D eigenvalue weighted by Crippen LogP contribution is -2.27. The van der Waals surface area contributed by atoms with E-state index in [9.17, 15) is 4.79 Å². The lowest BCUT2D eigenvalue weighted by molar-refractivity contribution is 0.101. The molecule has 8 nitrogen and oxygen atoms in total. The van der Waals surface area contributed by atoms with Gasteiger partial charge in [0.2, 0.25) is 5.95 Å². The summed E-state index contributed by atoms with van der Waals surface area (Å²) in [6.45, 7) is 7.98. The number of aromatic nitrogens is 4. The highest BCUT2D eigenvalue weighted by Gasteiger charge is 2.16. The van der Waals surface area contributed by atoms with E-state index in [1.54, 1.807) is 29.1 Å². The van der Waals surface area contributed by atoms with Gasteiger partial charge in [-0.25, -0.2) is 9.67 Å². The number of likely N-dealkylation sites (N-methyl/N-ethyl adjacent to an activating group) is 1. The molecule has 0 saturated carbocycles. The van der Waals surface area contributed by atoms with Crippen LogP contribution in [-0.4, -0.2) is 49.8 Å². The number of anilines is 1. The van der Waals surface area contributed by atoms with Crippen molar-refractivity contribution in [2.45, 2.75) is 27.1 Å². The van der Waals surface area contributed by atoms with Gasteiger partial charge in [-0.3, -0.25) is 10.1 Å². The van der Waals surface area contributed by atoms with Crippen LogP contribution < -0.4 is 10.1 Å². The summed E-state index contributed by atoms with van der Waals surface area (Å²) in [5.41, 5.74) is 2.11. The Labute approximate surface area is 197 Å². The van der Waals surface area contributed by atoms with Crippen molar-refractivity contribution >= 4 is 34.5 Å². The lowest BCUT2D eigenvalue weighted by atomic mass is 10.3. The van der Waals surface area contributed by atoms with E-state index in [0.717, 1.165) is 37.2 Å². The van der Waals surface area contributed by atoms with E-state index in [-0.39, 0.29) is 18.3 Å². The second-order valence-electron chi connectivity index (χ2n) is 7.53. The van der Waals surface area contributed by atoms with Crippen molar-refractivity contribution in [3.8, 4) is 5.75 Å². The molecule has 0 radical (unpaired) electrons. The number of hydrogen-bond donors (Lipinski definition) is 1. The third-order valence-electron chi connectivity index (χ3n) is 5.45. The standard InChI is InChI=1S/C24H27ClN6O2/c1-3-29(4-2)14-15-31-22-11-6-5-10-20(22)26-24(31)27-23(32)21-12-13-30(28-21)17-33-19-9-7-8-18(25)16-19/h5-13,16H,3-4,14-15,17H2,1-2H3,(H,26,27,32). The van der Waals surface area contributed by atoms with Gasteiger partial charge in [0.05, 0.1) is 11.0 Å². The molecule has 0 saturated heterocycles. The Morgan fingerprint density at radius 2 is 1.94 bits per heavy atom. The summed E-state index contributed by atoms with van der Waals surface area (Å²) in [6, 6.07) is 16.7. The number of carbonyl (C=O) groups is 1. The number of nitrogens with zero attached hydrogens (tertiary/aromatic N) is 5. The number of hydrogen-bond acceptors (Lipinski definition) is 5. The molecular weight excluding hydrogens is 440 g/mol. The second-order valence-corrected chi connectivity index (χ2v) is 7.96. The summed E-state index contributed by atoms with van der Waals surface area (Å²) in [5, 5.41) is 7.85. The van der Waals surface area contributed by atoms with Crippen LogP contribution in [0.3, 0.4) is 0 Å². The number of rotatable bonds is 10. The number of ether oxygens (including phenoxy) is 1. The zero-order chi connectivity index (χ0) is 23.2. The Hall–Kier alpha value is -3.36. The lowest BCUT2D eigenvalue weighted by Gasteiger charge is -2.19. The number of nitrogens with one attached hydrogen (secondary N) is 1. The van der Waals surface area contributed by atoms with E-state index in [1.165, 1.54) is 0 Å². The molecule has 0 unspecified atom stereocenters. The van der Waals surface area contributed by atoms with Crippen molar-refractivity contribution in [2.75, 3.05) is 25.0 Å². The molecule has 1 N–H and O–H groups in total. The molecule has 2 heterocycles. The topological polar surface area (TPSA) is 77.2 Å². The highest BCUT2D eigenvalue weighted by Crippen LogP contribution is 2.20. The first kappa shape index (κ1) is 22.8. The molecule has 0 aliphatic heterocycles. The molecule has 33 heavy (non-hydrogen) atoms. The minimum atomic E-state index is -0.323. The molecule has 0 aliphatic rings. The van der Waals surface area contributed by atoms with E-state index in [2.05, 4.69) is 34.1 Å². The summed E-state index contributed by atoms with van der Waals surface area (Å²) in [7, 11) is 0. The van der Waals surface area contributed by atoms with Gasteiger partial charge in [-0.15, -0.1) is 0 Å². The quantitative estimate of drug-likeness (QED) is 0.372. The molecule has 0 aliphatic carbocycles. The average Bonchev–Trinajstić information content (AvgIpc) is 3.43. The molecule has 0 spiro atoms. The van der Waals surface area contributed by atoms with Crippen molar-refractivity contribution in [2.24, 2.45) is 0 Å². The van der Waals surface area contributed by atoms with E-state index in [4.69, 9.17) is 16.3 Å². The van der Waals surface area contributed by atoms with Gasteiger partial charge in [-0.1, -0.05) is 43.6 Å². The number of imidazole rings is 1. The molecule has 0 fully saturated rings. The summed E-state index contributed by atoms with van der Waals surface area (Å²) in [6.07, 6.45) is 1.70. The van der Waals surface area contributed by atoms with Crippen molar-refractivity contribution < 1.29 is 9.53 Å². The SMILES string of the molecule is CCN(CC)CCn1c(NC(=O)c2ccn(COc3cccc(Cl)c3)n2)nc2ccccc21. The third-order valence-corrected chi connectivity index (χ3v) is 5.68. The zero-order valence-corrected chi connectivity index (χ0v) is 19.5. The minimum absolute atomic E-state index is 0.163. The fourth-order valence-electron chi connectivity index (χ4n) is 3.60. The van der Waals surface area contributed by atoms with Crippen LogP contribution in [0.25, 0.3) is 11.0 Å². The number of benzene rings is 2. The largest absolute Gasteiger partial charge is 0.471 e. The zero-order valence-electron chi connectivity index (χ0n) is 18.7. The molecule has 0 atom stereocenters. The average molecular weight is 467 g/mol. The highest BCUT2D eigenvalue weighted by atomic mass is 35.5. The van der Waals surface area contributed by atoms with E-state index >= 15 is 0 Å². The smallest absolute Gasteiger partial charge is 0.278 e. The van der Waals surface area contributed by atoms with Crippen molar-refractivity contribution in [1.29, 1.82) is 0 Å². The molecule has 4 rings (SSSR count). The Balaban J connectivity index is 1.47. The number of halogens is 1. The van der Waals surface area contributed by atoms with Crippen LogP contribution in [0.5, 0.6) is 5.75 Å². The fourth-order valence-corrected chi connectivity index (χ4v) is 3.78. The Morgan fingerprint density at radius 3 is 2.73 bits per heavy atom. The molecular formula is C24H27ClN6O2. The molecule has 0 bridgehead atoms. The second kappa shape index (κ2) is 10.5. The first-order valence-electron chi connectivity index (χ1n) is 11.0. The van der Waals surface area contributed by atoms with E-state index in [0.29, 0.717) is 16.7 Å². The Kier molecular flexibility index (Phi) is 7.26. The van der Waals surface area contributed by atoms with Crippen LogP contribution in [0.2, 0.25) is 5.02 Å². The predicted octanol–water partition coefficient (Wildman–Crippen LogP) is 4.52. The van der Waals surface area contributed by atoms with Gasteiger partial charge >= 0.3 is 0 Å². The van der Waals surface area contributed by atoms with Gasteiger partial charge in [0, 0.05) is 24.3 Å². The maximum absolute atomic E-state index is 12.9. The fraction of sp³-hybridized carbons (Fsp3) is 0.292.